The number of nitrogens with two attached hydrogens (primary N) is 1. The third-order valence-corrected chi connectivity index (χ3v) is 11.5. The lowest BCUT2D eigenvalue weighted by Crippen LogP contribution is -2.53. The van der Waals surface area contributed by atoms with Gasteiger partial charge < -0.3 is 30.7 Å². The summed E-state index contributed by atoms with van der Waals surface area (Å²) in [6.45, 7) is -0.160. The molecule has 4 aliphatic rings. The maximum absolute atomic E-state index is 15.0. The Morgan fingerprint density at radius 1 is 0.870 bits per heavy atom. The van der Waals surface area contributed by atoms with E-state index in [0.29, 0.717) is 41.0 Å². The maximum atomic E-state index is 15.0. The number of amides is 2. The monoisotopic (exact) mass is 725 g/mol. The number of aliphatic hydroxyl groups is 2. The Kier molecular flexibility index (Phi) is 9.48. The second kappa shape index (κ2) is 14.4. The molecular weight excluding hydrogens is 682 g/mol. The number of primary amides is 1. The molecule has 10 heteroatoms. The van der Waals surface area contributed by atoms with Crippen molar-refractivity contribution >= 4 is 23.5 Å². The SMILES string of the molecule is NC(=O)C1C2C(=O)OC(c3ccccc3)C(c3ccccc3)N2C(c2cccc(OCCO)c2)C12C(=O)Nc1ccc(C#CC3(O)CCCCCC3)cc12. The predicted octanol–water partition coefficient (Wildman–Crippen LogP) is 5.25. The predicted molar refractivity (Wildman–Crippen MR) is 201 cm³/mol. The number of rotatable bonds is 7. The first-order chi connectivity index (χ1) is 26.2. The molecule has 2 amide bonds. The Morgan fingerprint density at radius 3 is 2.24 bits per heavy atom. The number of carbonyl (C=O) groups is 3. The number of ether oxygens (including phenoxy) is 2. The molecule has 6 unspecified atom stereocenters. The van der Waals surface area contributed by atoms with Gasteiger partial charge in [-0.15, -0.1) is 0 Å². The van der Waals surface area contributed by atoms with Crippen molar-refractivity contribution in [2.24, 2.45) is 11.7 Å². The highest BCUT2D eigenvalue weighted by molar-refractivity contribution is 6.12. The maximum Gasteiger partial charge on any atom is 0.324 e. The van der Waals surface area contributed by atoms with E-state index in [1.54, 1.807) is 36.4 Å². The number of nitrogens with one attached hydrogen (secondary N) is 1. The number of hydrogen-bond acceptors (Lipinski definition) is 8. The molecule has 5 N–H and O–H groups in total. The minimum atomic E-state index is -1.73. The quantitative estimate of drug-likeness (QED) is 0.115. The van der Waals surface area contributed by atoms with Crippen LogP contribution < -0.4 is 15.8 Å². The van der Waals surface area contributed by atoms with Crippen LogP contribution in [-0.4, -0.2) is 57.8 Å². The number of morpholine rings is 1. The Labute approximate surface area is 314 Å². The first kappa shape index (κ1) is 35.6. The van der Waals surface area contributed by atoms with Gasteiger partial charge in [-0.3, -0.25) is 19.3 Å². The largest absolute Gasteiger partial charge is 0.491 e. The third-order valence-electron chi connectivity index (χ3n) is 11.5. The highest BCUT2D eigenvalue weighted by atomic mass is 16.6. The third kappa shape index (κ3) is 6.02. The average molecular weight is 726 g/mol. The van der Waals surface area contributed by atoms with E-state index in [0.717, 1.165) is 36.8 Å². The van der Waals surface area contributed by atoms with Crippen LogP contribution >= 0.6 is 0 Å². The first-order valence-electron chi connectivity index (χ1n) is 18.7. The fourth-order valence-electron chi connectivity index (χ4n) is 9.27. The molecule has 4 aromatic rings. The molecule has 3 aliphatic heterocycles. The van der Waals surface area contributed by atoms with Crippen molar-refractivity contribution in [2.75, 3.05) is 18.5 Å². The van der Waals surface area contributed by atoms with Gasteiger partial charge in [-0.2, -0.15) is 0 Å². The number of hydrogen-bond donors (Lipinski definition) is 4. The summed E-state index contributed by atoms with van der Waals surface area (Å²) < 4.78 is 12.2. The van der Waals surface area contributed by atoms with E-state index in [9.17, 15) is 19.8 Å². The molecule has 0 bridgehead atoms. The lowest BCUT2D eigenvalue weighted by molar-refractivity contribution is -0.178. The number of aliphatic hydroxyl groups excluding tert-OH is 1. The molecule has 3 fully saturated rings. The highest BCUT2D eigenvalue weighted by Crippen LogP contribution is 2.64. The van der Waals surface area contributed by atoms with Crippen LogP contribution in [0.4, 0.5) is 5.69 Å². The molecule has 10 nitrogen and oxygen atoms in total. The van der Waals surface area contributed by atoms with Gasteiger partial charge >= 0.3 is 5.97 Å². The molecule has 1 spiro atoms. The Balaban J connectivity index is 1.38. The van der Waals surface area contributed by atoms with Gasteiger partial charge in [-0.1, -0.05) is 97.5 Å². The van der Waals surface area contributed by atoms with Gasteiger partial charge in [0, 0.05) is 11.3 Å². The van der Waals surface area contributed by atoms with Gasteiger partial charge in [0.2, 0.25) is 11.8 Å². The molecule has 6 atom stereocenters. The number of benzene rings is 4. The van der Waals surface area contributed by atoms with Crippen LogP contribution in [0.25, 0.3) is 0 Å². The molecule has 54 heavy (non-hydrogen) atoms. The Bertz CT molecular complexity index is 2120. The number of carbonyl (C=O) groups excluding carboxylic acids is 3. The molecule has 4 aromatic carbocycles. The molecule has 276 valence electrons. The number of esters is 1. The van der Waals surface area contributed by atoms with Gasteiger partial charge in [0.15, 0.2) is 0 Å². The van der Waals surface area contributed by atoms with Gasteiger partial charge in [0.1, 0.15) is 35.5 Å². The van der Waals surface area contributed by atoms with Crippen LogP contribution in [0.2, 0.25) is 0 Å². The summed E-state index contributed by atoms with van der Waals surface area (Å²) in [5.74, 6) is 3.44. The van der Waals surface area contributed by atoms with Crippen LogP contribution in [0.5, 0.6) is 5.75 Å². The highest BCUT2D eigenvalue weighted by Gasteiger charge is 2.73. The second-order valence-corrected chi connectivity index (χ2v) is 14.7. The van der Waals surface area contributed by atoms with Crippen molar-refractivity contribution in [2.45, 2.75) is 73.8 Å². The van der Waals surface area contributed by atoms with Crippen molar-refractivity contribution in [1.82, 2.24) is 4.90 Å². The molecule has 3 heterocycles. The summed E-state index contributed by atoms with van der Waals surface area (Å²) in [4.78, 5) is 45.7. The zero-order chi connectivity index (χ0) is 37.5. The van der Waals surface area contributed by atoms with E-state index in [4.69, 9.17) is 15.2 Å². The first-order valence-corrected chi connectivity index (χ1v) is 18.7. The Hall–Kier alpha value is -5.47. The second-order valence-electron chi connectivity index (χ2n) is 14.7. The minimum Gasteiger partial charge on any atom is -0.491 e. The van der Waals surface area contributed by atoms with Crippen molar-refractivity contribution in [3.8, 4) is 17.6 Å². The summed E-state index contributed by atoms with van der Waals surface area (Å²) in [6.07, 6.45) is 4.24. The molecule has 0 aromatic heterocycles. The van der Waals surface area contributed by atoms with E-state index in [2.05, 4.69) is 17.2 Å². The molecule has 2 saturated heterocycles. The molecule has 1 aliphatic carbocycles. The van der Waals surface area contributed by atoms with Gasteiger partial charge in [-0.25, -0.2) is 0 Å². The summed E-state index contributed by atoms with van der Waals surface area (Å²) in [7, 11) is 0. The standard InChI is InChI=1S/C44H43N3O7/c45-40(49)35-37-41(50)54-38(30-14-7-4-8-15-30)36(29-12-5-3-6-13-29)47(37)39(31-16-11-17-32(27-31)53-25-24-48)44(35)33-26-28(18-19-34(33)46-42(44)51)20-23-43(52)21-9-1-2-10-22-43/h3-8,11-19,26-27,35-39,48,52H,1-2,9-10,21-22,24-25H2,(H2,45,49)(H,46,51). The molecular formula is C44H43N3O7. The summed E-state index contributed by atoms with van der Waals surface area (Å²) >= 11 is 0. The smallest absolute Gasteiger partial charge is 0.324 e. The van der Waals surface area contributed by atoms with E-state index < -0.39 is 58.9 Å². The van der Waals surface area contributed by atoms with E-state index >= 15 is 4.79 Å². The fraction of sp³-hybridized carbons (Fsp3) is 0.341. The number of fused-ring (bicyclic) bond motifs is 3. The lowest BCUT2D eigenvalue weighted by atomic mass is 9.65. The van der Waals surface area contributed by atoms with Crippen LogP contribution in [0, 0.1) is 17.8 Å². The van der Waals surface area contributed by atoms with Crippen molar-refractivity contribution in [3.05, 3.63) is 131 Å². The number of cyclic esters (lactones) is 1. The zero-order valence-corrected chi connectivity index (χ0v) is 29.8. The fourth-order valence-corrected chi connectivity index (χ4v) is 9.27. The minimum absolute atomic E-state index is 0.0439. The Morgan fingerprint density at radius 2 is 1.56 bits per heavy atom. The van der Waals surface area contributed by atoms with E-state index in [-0.39, 0.29) is 13.2 Å². The van der Waals surface area contributed by atoms with Gasteiger partial charge in [0.05, 0.1) is 24.6 Å². The van der Waals surface area contributed by atoms with E-state index in [1.807, 2.05) is 71.6 Å². The molecule has 1 saturated carbocycles. The average Bonchev–Trinajstić information content (AvgIpc) is 3.56. The summed E-state index contributed by atoms with van der Waals surface area (Å²) in [5.41, 5.74) is 7.20. The summed E-state index contributed by atoms with van der Waals surface area (Å²) in [5, 5.41) is 24.0. The normalized spacial score (nSPS) is 27.1. The summed E-state index contributed by atoms with van der Waals surface area (Å²) in [6, 6.07) is 28.7. The van der Waals surface area contributed by atoms with Crippen LogP contribution in [0.15, 0.2) is 103 Å². The van der Waals surface area contributed by atoms with Crippen molar-refractivity contribution < 1.29 is 34.1 Å². The number of anilines is 1. The van der Waals surface area contributed by atoms with Gasteiger partial charge in [-0.05, 0) is 78.3 Å². The molecule has 8 rings (SSSR count). The van der Waals surface area contributed by atoms with Crippen LogP contribution in [0.1, 0.15) is 84.5 Å². The molecule has 0 radical (unpaired) electrons. The van der Waals surface area contributed by atoms with Crippen molar-refractivity contribution in [3.63, 3.8) is 0 Å². The van der Waals surface area contributed by atoms with Crippen molar-refractivity contribution in [1.29, 1.82) is 0 Å². The topological polar surface area (TPSA) is 151 Å². The van der Waals surface area contributed by atoms with E-state index in [1.165, 1.54) is 0 Å². The lowest BCUT2D eigenvalue weighted by Gasteiger charge is -2.46. The van der Waals surface area contributed by atoms with Crippen LogP contribution in [-0.2, 0) is 24.5 Å². The van der Waals surface area contributed by atoms with Crippen LogP contribution in [0.3, 0.4) is 0 Å². The van der Waals surface area contributed by atoms with Gasteiger partial charge in [0.25, 0.3) is 0 Å². The zero-order valence-electron chi connectivity index (χ0n) is 29.8. The number of nitrogens with zero attached hydrogens (tertiary/aromatic N) is 1.